The zero-order chi connectivity index (χ0) is 12.8. The molecule has 0 bridgehead atoms. The van der Waals surface area contributed by atoms with Gasteiger partial charge in [0.2, 0.25) is 0 Å². The van der Waals surface area contributed by atoms with Gasteiger partial charge in [0.15, 0.2) is 0 Å². The number of unbranched alkanes of at least 4 members (excludes halogenated alkanes) is 1. The summed E-state index contributed by atoms with van der Waals surface area (Å²) in [7, 11) is 0. The molecule has 98 valence electrons. The average molecular weight is 246 g/mol. The summed E-state index contributed by atoms with van der Waals surface area (Å²) in [6.07, 6.45) is 2.32. The summed E-state index contributed by atoms with van der Waals surface area (Å²) in [6, 6.07) is 8.11. The fourth-order valence-electron chi connectivity index (χ4n) is 1.98. The largest absolute Gasteiger partial charge is 0.316 e. The van der Waals surface area contributed by atoms with Crippen LogP contribution in [0.25, 0.3) is 11.0 Å². The zero-order valence-electron chi connectivity index (χ0n) is 11.3. The summed E-state index contributed by atoms with van der Waals surface area (Å²) < 4.78 is 2.00. The first kappa shape index (κ1) is 13.0. The van der Waals surface area contributed by atoms with E-state index in [1.165, 1.54) is 6.42 Å². The Morgan fingerprint density at radius 2 is 2.06 bits per heavy atom. The van der Waals surface area contributed by atoms with Gasteiger partial charge in [-0.05, 0) is 44.0 Å². The van der Waals surface area contributed by atoms with Crippen LogP contribution in [0, 0.1) is 5.92 Å². The SMILES string of the molecule is CC(C)CNCCCCn1nnc2ccccc21. The van der Waals surface area contributed by atoms with E-state index in [2.05, 4.69) is 35.5 Å². The third-order valence-electron chi connectivity index (χ3n) is 2.95. The molecular formula is C14H22N4. The summed E-state index contributed by atoms with van der Waals surface area (Å²) in [5, 5.41) is 11.8. The van der Waals surface area contributed by atoms with Crippen LogP contribution in [0.5, 0.6) is 0 Å². The van der Waals surface area contributed by atoms with Gasteiger partial charge >= 0.3 is 0 Å². The summed E-state index contributed by atoms with van der Waals surface area (Å²) >= 11 is 0. The monoisotopic (exact) mass is 246 g/mol. The minimum atomic E-state index is 0.726. The minimum absolute atomic E-state index is 0.726. The van der Waals surface area contributed by atoms with Gasteiger partial charge in [-0.25, -0.2) is 4.68 Å². The van der Waals surface area contributed by atoms with Gasteiger partial charge in [-0.1, -0.05) is 31.2 Å². The molecule has 0 saturated heterocycles. The Morgan fingerprint density at radius 1 is 1.22 bits per heavy atom. The second-order valence-electron chi connectivity index (χ2n) is 5.11. The summed E-state index contributed by atoms with van der Waals surface area (Å²) in [5.74, 6) is 0.726. The van der Waals surface area contributed by atoms with E-state index in [4.69, 9.17) is 0 Å². The first-order valence-electron chi connectivity index (χ1n) is 6.76. The van der Waals surface area contributed by atoms with Gasteiger partial charge in [-0.15, -0.1) is 5.10 Å². The van der Waals surface area contributed by atoms with Crippen LogP contribution in [0.3, 0.4) is 0 Å². The highest BCUT2D eigenvalue weighted by Crippen LogP contribution is 2.10. The number of hydrogen-bond donors (Lipinski definition) is 1. The van der Waals surface area contributed by atoms with Gasteiger partial charge in [0.1, 0.15) is 5.52 Å². The smallest absolute Gasteiger partial charge is 0.113 e. The Bertz CT molecular complexity index is 475. The Kier molecular flexibility index (Phi) is 4.70. The molecule has 1 aromatic heterocycles. The Balaban J connectivity index is 1.74. The molecule has 0 fully saturated rings. The van der Waals surface area contributed by atoms with Gasteiger partial charge in [0.25, 0.3) is 0 Å². The van der Waals surface area contributed by atoms with Crippen molar-refractivity contribution in [2.45, 2.75) is 33.2 Å². The molecule has 0 unspecified atom stereocenters. The fourth-order valence-corrected chi connectivity index (χ4v) is 1.98. The molecule has 4 heteroatoms. The van der Waals surface area contributed by atoms with Crippen LogP contribution < -0.4 is 5.32 Å². The van der Waals surface area contributed by atoms with Crippen LogP contribution in [0.1, 0.15) is 26.7 Å². The number of benzene rings is 1. The molecule has 4 nitrogen and oxygen atoms in total. The van der Waals surface area contributed by atoms with E-state index in [1.54, 1.807) is 0 Å². The molecule has 0 saturated carbocycles. The second kappa shape index (κ2) is 6.50. The van der Waals surface area contributed by atoms with Crippen molar-refractivity contribution in [1.29, 1.82) is 0 Å². The molecule has 0 aliphatic heterocycles. The van der Waals surface area contributed by atoms with E-state index in [-0.39, 0.29) is 0 Å². The maximum Gasteiger partial charge on any atom is 0.113 e. The predicted octanol–water partition coefficient (Wildman–Crippen LogP) is 2.46. The zero-order valence-corrected chi connectivity index (χ0v) is 11.3. The lowest BCUT2D eigenvalue weighted by Crippen LogP contribution is -2.21. The van der Waals surface area contributed by atoms with Gasteiger partial charge in [-0.3, -0.25) is 0 Å². The summed E-state index contributed by atoms with van der Waals surface area (Å²) in [6.45, 7) is 7.60. The van der Waals surface area contributed by atoms with Crippen molar-refractivity contribution in [2.24, 2.45) is 5.92 Å². The number of aromatic nitrogens is 3. The Hall–Kier alpha value is -1.42. The van der Waals surface area contributed by atoms with Crippen LogP contribution in [-0.4, -0.2) is 28.1 Å². The maximum atomic E-state index is 4.19. The van der Waals surface area contributed by atoms with Crippen LogP contribution in [0.15, 0.2) is 24.3 Å². The predicted molar refractivity (Wildman–Crippen MR) is 74.5 cm³/mol. The number of nitrogens with one attached hydrogen (secondary N) is 1. The highest BCUT2D eigenvalue weighted by atomic mass is 15.4. The van der Waals surface area contributed by atoms with E-state index < -0.39 is 0 Å². The molecule has 0 radical (unpaired) electrons. The molecule has 1 heterocycles. The van der Waals surface area contributed by atoms with Crippen molar-refractivity contribution in [2.75, 3.05) is 13.1 Å². The molecule has 0 spiro atoms. The molecule has 2 rings (SSSR count). The topological polar surface area (TPSA) is 42.7 Å². The normalized spacial score (nSPS) is 11.5. The average Bonchev–Trinajstić information content (AvgIpc) is 2.77. The van der Waals surface area contributed by atoms with E-state index in [0.29, 0.717) is 0 Å². The Morgan fingerprint density at radius 3 is 2.89 bits per heavy atom. The molecule has 0 aliphatic rings. The standard InChI is InChI=1S/C14H22N4/c1-12(2)11-15-9-5-6-10-18-14-8-4-3-7-13(14)16-17-18/h3-4,7-8,12,15H,5-6,9-11H2,1-2H3. The summed E-state index contributed by atoms with van der Waals surface area (Å²) in [4.78, 5) is 0. The van der Waals surface area contributed by atoms with Crippen LogP contribution in [0.4, 0.5) is 0 Å². The number of aryl methyl sites for hydroxylation is 1. The fraction of sp³-hybridized carbons (Fsp3) is 0.571. The number of para-hydroxylation sites is 1. The molecule has 18 heavy (non-hydrogen) atoms. The van der Waals surface area contributed by atoms with E-state index in [9.17, 15) is 0 Å². The van der Waals surface area contributed by atoms with Crippen molar-refractivity contribution in [1.82, 2.24) is 20.3 Å². The van der Waals surface area contributed by atoms with Crippen LogP contribution in [-0.2, 0) is 6.54 Å². The van der Waals surface area contributed by atoms with Gasteiger partial charge in [-0.2, -0.15) is 0 Å². The Labute approximate surface area is 108 Å². The molecule has 0 amide bonds. The molecule has 1 N–H and O–H groups in total. The van der Waals surface area contributed by atoms with Crippen molar-refractivity contribution in [3.63, 3.8) is 0 Å². The number of fused-ring (bicyclic) bond motifs is 1. The maximum absolute atomic E-state index is 4.19. The molecule has 1 aromatic carbocycles. The molecule has 0 aliphatic carbocycles. The molecule has 2 aromatic rings. The number of rotatable bonds is 7. The quantitative estimate of drug-likeness (QED) is 0.763. The first-order chi connectivity index (χ1) is 8.77. The van der Waals surface area contributed by atoms with E-state index >= 15 is 0 Å². The minimum Gasteiger partial charge on any atom is -0.316 e. The highest BCUT2D eigenvalue weighted by molar-refractivity contribution is 5.73. The van der Waals surface area contributed by atoms with Gasteiger partial charge in [0, 0.05) is 6.54 Å². The van der Waals surface area contributed by atoms with Crippen molar-refractivity contribution < 1.29 is 0 Å². The lowest BCUT2D eigenvalue weighted by Gasteiger charge is -2.07. The van der Waals surface area contributed by atoms with E-state index in [1.807, 2.05) is 22.9 Å². The molecular weight excluding hydrogens is 224 g/mol. The third kappa shape index (κ3) is 3.53. The van der Waals surface area contributed by atoms with Crippen LogP contribution in [0.2, 0.25) is 0 Å². The highest BCUT2D eigenvalue weighted by Gasteiger charge is 2.02. The second-order valence-corrected chi connectivity index (χ2v) is 5.11. The lowest BCUT2D eigenvalue weighted by atomic mass is 10.2. The summed E-state index contributed by atoms with van der Waals surface area (Å²) in [5.41, 5.74) is 2.11. The van der Waals surface area contributed by atoms with E-state index in [0.717, 1.165) is 43.0 Å². The van der Waals surface area contributed by atoms with Gasteiger partial charge in [0.05, 0.1) is 5.52 Å². The third-order valence-corrected chi connectivity index (χ3v) is 2.95. The van der Waals surface area contributed by atoms with Crippen LogP contribution >= 0.6 is 0 Å². The molecule has 0 atom stereocenters. The number of hydrogen-bond acceptors (Lipinski definition) is 3. The van der Waals surface area contributed by atoms with Crippen molar-refractivity contribution >= 4 is 11.0 Å². The first-order valence-corrected chi connectivity index (χ1v) is 6.76. The van der Waals surface area contributed by atoms with Crippen molar-refractivity contribution in [3.8, 4) is 0 Å². The van der Waals surface area contributed by atoms with Crippen molar-refractivity contribution in [3.05, 3.63) is 24.3 Å². The lowest BCUT2D eigenvalue weighted by molar-refractivity contribution is 0.505. The van der Waals surface area contributed by atoms with Gasteiger partial charge < -0.3 is 5.32 Å². The number of nitrogens with zero attached hydrogens (tertiary/aromatic N) is 3.